The molecule has 0 saturated carbocycles. The Balaban J connectivity index is 1.33. The topological polar surface area (TPSA) is 66.9 Å². The Kier molecular flexibility index (Phi) is 7.63. The number of carbonyl (C=O) groups excluding carboxylic acids is 1. The molecule has 2 aromatic rings. The zero-order valence-electron chi connectivity index (χ0n) is 16.3. The normalized spacial score (nSPS) is 14.7. The molecule has 7 nitrogen and oxygen atoms in total. The summed E-state index contributed by atoms with van der Waals surface area (Å²) in [6.07, 6.45) is 1.80. The van der Waals surface area contributed by atoms with Crippen molar-refractivity contribution in [3.63, 3.8) is 0 Å². The van der Waals surface area contributed by atoms with Crippen LogP contribution in [0.15, 0.2) is 48.7 Å². The number of amides is 1. The van der Waals surface area contributed by atoms with E-state index in [0.717, 1.165) is 43.3 Å². The van der Waals surface area contributed by atoms with Crippen molar-refractivity contribution in [3.05, 3.63) is 54.2 Å². The number of benzene rings is 1. The zero-order chi connectivity index (χ0) is 19.6. The number of rotatable bonds is 9. The molecule has 0 spiro atoms. The summed E-state index contributed by atoms with van der Waals surface area (Å²) in [6.45, 7) is 5.28. The number of para-hydroxylation sites is 1. The minimum Gasteiger partial charge on any atom is -0.491 e. The number of nitrogens with zero attached hydrogens (tertiary/aromatic N) is 3. The Morgan fingerprint density at radius 2 is 1.89 bits per heavy atom. The van der Waals surface area contributed by atoms with Crippen molar-refractivity contribution in [1.29, 1.82) is 0 Å². The molecule has 28 heavy (non-hydrogen) atoms. The molecule has 0 unspecified atom stereocenters. The number of hydrogen-bond donors (Lipinski definition) is 1. The standard InChI is InChI=1S/C21H28N4O3/c1-24-9-11-25(12-10-24)20-15-18(7-8-22-20)16-23-21(26)17-27-13-14-28-19-5-3-2-4-6-19/h2-8,15H,9-14,16-17H2,1H3,(H,23,26). The lowest BCUT2D eigenvalue weighted by Crippen LogP contribution is -2.44. The highest BCUT2D eigenvalue weighted by molar-refractivity contribution is 5.77. The molecule has 0 bridgehead atoms. The van der Waals surface area contributed by atoms with E-state index in [9.17, 15) is 4.79 Å². The van der Waals surface area contributed by atoms with Crippen molar-refractivity contribution in [1.82, 2.24) is 15.2 Å². The molecule has 0 radical (unpaired) electrons. The van der Waals surface area contributed by atoms with Crippen molar-refractivity contribution in [3.8, 4) is 5.75 Å². The van der Waals surface area contributed by atoms with Gasteiger partial charge in [0, 0.05) is 38.9 Å². The average Bonchev–Trinajstić information content (AvgIpc) is 2.73. The number of likely N-dealkylation sites (N-methyl/N-ethyl adjacent to an activating group) is 1. The van der Waals surface area contributed by atoms with E-state index in [1.54, 1.807) is 6.20 Å². The maximum atomic E-state index is 12.0. The molecule has 1 aromatic heterocycles. The number of carbonyl (C=O) groups is 1. The average molecular weight is 384 g/mol. The van der Waals surface area contributed by atoms with E-state index in [2.05, 4.69) is 27.1 Å². The quantitative estimate of drug-likeness (QED) is 0.662. The Bertz CT molecular complexity index is 733. The first-order valence-corrected chi connectivity index (χ1v) is 9.61. The Morgan fingerprint density at radius 3 is 2.68 bits per heavy atom. The monoisotopic (exact) mass is 384 g/mol. The third-order valence-corrected chi connectivity index (χ3v) is 4.60. The van der Waals surface area contributed by atoms with Gasteiger partial charge in [-0.25, -0.2) is 4.98 Å². The fraction of sp³-hybridized carbons (Fsp3) is 0.429. The summed E-state index contributed by atoms with van der Waals surface area (Å²) >= 11 is 0. The first kappa shape index (κ1) is 20.1. The lowest BCUT2D eigenvalue weighted by molar-refractivity contribution is -0.126. The van der Waals surface area contributed by atoms with E-state index in [1.165, 1.54) is 0 Å². The second-order valence-corrected chi connectivity index (χ2v) is 6.80. The van der Waals surface area contributed by atoms with Crippen LogP contribution in [0.1, 0.15) is 5.56 Å². The van der Waals surface area contributed by atoms with Crippen molar-refractivity contribution in [2.75, 3.05) is 57.9 Å². The number of pyridine rings is 1. The Hall–Kier alpha value is -2.64. The van der Waals surface area contributed by atoms with E-state index in [-0.39, 0.29) is 12.5 Å². The van der Waals surface area contributed by atoms with Crippen LogP contribution in [-0.4, -0.2) is 68.8 Å². The van der Waals surface area contributed by atoms with Gasteiger partial charge in [-0.1, -0.05) is 18.2 Å². The summed E-state index contributed by atoms with van der Waals surface area (Å²) in [5.74, 6) is 1.62. The van der Waals surface area contributed by atoms with E-state index in [1.807, 2.05) is 42.5 Å². The number of aromatic nitrogens is 1. The minimum atomic E-state index is -0.141. The molecular weight excluding hydrogens is 356 g/mol. The van der Waals surface area contributed by atoms with Crippen LogP contribution >= 0.6 is 0 Å². The van der Waals surface area contributed by atoms with Crippen LogP contribution in [0.5, 0.6) is 5.75 Å². The number of anilines is 1. The molecule has 0 atom stereocenters. The molecule has 1 aliphatic rings. The van der Waals surface area contributed by atoms with Gasteiger partial charge in [-0.05, 0) is 36.9 Å². The highest BCUT2D eigenvalue weighted by atomic mass is 16.5. The Labute approximate surface area is 166 Å². The summed E-state index contributed by atoms with van der Waals surface area (Å²) in [7, 11) is 2.13. The van der Waals surface area contributed by atoms with Crippen LogP contribution in [0.25, 0.3) is 0 Å². The molecule has 1 amide bonds. The number of piperazine rings is 1. The smallest absolute Gasteiger partial charge is 0.246 e. The van der Waals surface area contributed by atoms with Gasteiger partial charge >= 0.3 is 0 Å². The van der Waals surface area contributed by atoms with Gasteiger partial charge in [0.2, 0.25) is 5.91 Å². The van der Waals surface area contributed by atoms with Crippen LogP contribution in [0, 0.1) is 0 Å². The van der Waals surface area contributed by atoms with Crippen LogP contribution in [0.2, 0.25) is 0 Å². The van der Waals surface area contributed by atoms with Gasteiger partial charge in [-0.15, -0.1) is 0 Å². The highest BCUT2D eigenvalue weighted by Crippen LogP contribution is 2.14. The number of ether oxygens (including phenoxy) is 2. The van der Waals surface area contributed by atoms with Gasteiger partial charge in [0.15, 0.2) is 0 Å². The summed E-state index contributed by atoms with van der Waals surface area (Å²) in [5, 5.41) is 2.89. The molecule has 0 aliphatic carbocycles. The molecule has 2 heterocycles. The van der Waals surface area contributed by atoms with E-state index >= 15 is 0 Å². The fourth-order valence-corrected chi connectivity index (χ4v) is 2.93. The SMILES string of the molecule is CN1CCN(c2cc(CNC(=O)COCCOc3ccccc3)ccn2)CC1. The predicted octanol–water partition coefficient (Wildman–Crippen LogP) is 1.55. The molecule has 1 fully saturated rings. The first-order chi connectivity index (χ1) is 13.7. The van der Waals surface area contributed by atoms with Crippen LogP contribution < -0.4 is 15.0 Å². The van der Waals surface area contributed by atoms with Gasteiger partial charge in [-0.3, -0.25) is 4.79 Å². The van der Waals surface area contributed by atoms with Crippen LogP contribution in [0.3, 0.4) is 0 Å². The molecule has 1 N–H and O–H groups in total. The maximum Gasteiger partial charge on any atom is 0.246 e. The van der Waals surface area contributed by atoms with Gasteiger partial charge in [0.05, 0.1) is 6.61 Å². The Morgan fingerprint density at radius 1 is 1.11 bits per heavy atom. The van der Waals surface area contributed by atoms with Gasteiger partial charge in [0.25, 0.3) is 0 Å². The molecule has 150 valence electrons. The van der Waals surface area contributed by atoms with Crippen molar-refractivity contribution in [2.45, 2.75) is 6.54 Å². The maximum absolute atomic E-state index is 12.0. The zero-order valence-corrected chi connectivity index (χ0v) is 16.3. The molecular formula is C21H28N4O3. The summed E-state index contributed by atoms with van der Waals surface area (Å²) in [5.41, 5.74) is 1.03. The van der Waals surface area contributed by atoms with Crippen molar-refractivity contribution in [2.24, 2.45) is 0 Å². The third-order valence-electron chi connectivity index (χ3n) is 4.60. The van der Waals surface area contributed by atoms with Gasteiger partial charge < -0.3 is 24.6 Å². The van der Waals surface area contributed by atoms with E-state index in [4.69, 9.17) is 9.47 Å². The van der Waals surface area contributed by atoms with Crippen LogP contribution in [-0.2, 0) is 16.1 Å². The number of hydrogen-bond acceptors (Lipinski definition) is 6. The van der Waals surface area contributed by atoms with E-state index < -0.39 is 0 Å². The molecule has 1 aromatic carbocycles. The molecule has 3 rings (SSSR count). The van der Waals surface area contributed by atoms with Crippen molar-refractivity contribution < 1.29 is 14.3 Å². The fourth-order valence-electron chi connectivity index (χ4n) is 2.93. The molecule has 1 aliphatic heterocycles. The van der Waals surface area contributed by atoms with Crippen LogP contribution in [0.4, 0.5) is 5.82 Å². The predicted molar refractivity (Wildman–Crippen MR) is 109 cm³/mol. The van der Waals surface area contributed by atoms with E-state index in [0.29, 0.717) is 19.8 Å². The van der Waals surface area contributed by atoms with Gasteiger partial charge in [0.1, 0.15) is 24.8 Å². The lowest BCUT2D eigenvalue weighted by atomic mass is 10.2. The number of nitrogens with one attached hydrogen (secondary N) is 1. The molecule has 1 saturated heterocycles. The second-order valence-electron chi connectivity index (χ2n) is 6.80. The minimum absolute atomic E-state index is 0.0224. The lowest BCUT2D eigenvalue weighted by Gasteiger charge is -2.33. The second kappa shape index (κ2) is 10.6. The van der Waals surface area contributed by atoms with Crippen molar-refractivity contribution >= 4 is 11.7 Å². The first-order valence-electron chi connectivity index (χ1n) is 9.61. The summed E-state index contributed by atoms with van der Waals surface area (Å²) < 4.78 is 10.9. The third kappa shape index (κ3) is 6.51. The summed E-state index contributed by atoms with van der Waals surface area (Å²) in [4.78, 5) is 21.0. The summed E-state index contributed by atoms with van der Waals surface area (Å²) in [6, 6.07) is 13.5. The largest absolute Gasteiger partial charge is 0.491 e. The molecule has 7 heteroatoms. The highest BCUT2D eigenvalue weighted by Gasteiger charge is 2.15. The van der Waals surface area contributed by atoms with Gasteiger partial charge in [-0.2, -0.15) is 0 Å².